The van der Waals surface area contributed by atoms with Crippen LogP contribution in [0.4, 0.5) is 0 Å². The number of benzene rings is 2. The molecule has 0 atom stereocenters. The van der Waals surface area contributed by atoms with Gasteiger partial charge in [-0.25, -0.2) is 4.79 Å². The molecule has 29 heavy (non-hydrogen) atoms. The van der Waals surface area contributed by atoms with Crippen molar-refractivity contribution in [3.05, 3.63) is 64.5 Å². The number of aryl methyl sites for hydroxylation is 1. The Bertz CT molecular complexity index is 1200. The van der Waals surface area contributed by atoms with Crippen LogP contribution in [0.5, 0.6) is 5.75 Å². The summed E-state index contributed by atoms with van der Waals surface area (Å²) < 4.78 is 10.9. The number of fused-ring (bicyclic) bond motifs is 1. The van der Waals surface area contributed by atoms with Crippen molar-refractivity contribution in [2.75, 3.05) is 6.61 Å². The Balaban J connectivity index is 1.65. The van der Waals surface area contributed by atoms with Crippen LogP contribution in [0.3, 0.4) is 0 Å². The monoisotopic (exact) mass is 392 g/mol. The minimum absolute atomic E-state index is 0.331. The SMILES string of the molecule is Cc1c(OCC(=O)N2NC(=O)CC2=O)ccc2c(-c3ccccc3)cc(=O)oc12. The van der Waals surface area contributed by atoms with E-state index in [0.717, 1.165) is 16.5 Å². The summed E-state index contributed by atoms with van der Waals surface area (Å²) in [5, 5.41) is 1.38. The molecule has 1 aromatic heterocycles. The van der Waals surface area contributed by atoms with Gasteiger partial charge in [0.05, 0.1) is 0 Å². The Labute approximate surface area is 164 Å². The average Bonchev–Trinajstić information content (AvgIpc) is 3.06. The third kappa shape index (κ3) is 3.47. The number of nitrogens with one attached hydrogen (secondary N) is 1. The van der Waals surface area contributed by atoms with E-state index < -0.39 is 30.0 Å². The van der Waals surface area contributed by atoms with Crippen molar-refractivity contribution in [2.45, 2.75) is 13.3 Å². The molecular weight excluding hydrogens is 376 g/mol. The summed E-state index contributed by atoms with van der Waals surface area (Å²) in [6.07, 6.45) is -0.367. The van der Waals surface area contributed by atoms with Gasteiger partial charge in [0.2, 0.25) is 5.91 Å². The first-order valence-electron chi connectivity index (χ1n) is 8.85. The van der Waals surface area contributed by atoms with Gasteiger partial charge in [-0.15, -0.1) is 0 Å². The van der Waals surface area contributed by atoms with E-state index in [-0.39, 0.29) is 6.42 Å². The predicted molar refractivity (Wildman–Crippen MR) is 103 cm³/mol. The fraction of sp³-hybridized carbons (Fsp3) is 0.143. The average molecular weight is 392 g/mol. The van der Waals surface area contributed by atoms with Crippen LogP contribution in [-0.4, -0.2) is 29.3 Å². The minimum Gasteiger partial charge on any atom is -0.483 e. The van der Waals surface area contributed by atoms with Crippen molar-refractivity contribution in [2.24, 2.45) is 0 Å². The first-order valence-corrected chi connectivity index (χ1v) is 8.85. The first kappa shape index (κ1) is 18.4. The van der Waals surface area contributed by atoms with Gasteiger partial charge in [0.1, 0.15) is 17.8 Å². The summed E-state index contributed by atoms with van der Waals surface area (Å²) in [7, 11) is 0. The van der Waals surface area contributed by atoms with Crippen molar-refractivity contribution in [3.63, 3.8) is 0 Å². The fourth-order valence-corrected chi connectivity index (χ4v) is 3.20. The van der Waals surface area contributed by atoms with E-state index in [1.807, 2.05) is 30.3 Å². The number of carbonyl (C=O) groups excluding carboxylic acids is 3. The van der Waals surface area contributed by atoms with Crippen LogP contribution in [0.15, 0.2) is 57.7 Å². The third-order valence-electron chi connectivity index (χ3n) is 4.59. The molecule has 1 N–H and O–H groups in total. The molecule has 1 saturated heterocycles. The number of imide groups is 1. The van der Waals surface area contributed by atoms with Gasteiger partial charge in [0.25, 0.3) is 11.8 Å². The van der Waals surface area contributed by atoms with Crippen LogP contribution in [0.1, 0.15) is 12.0 Å². The Morgan fingerprint density at radius 3 is 2.59 bits per heavy atom. The Morgan fingerprint density at radius 2 is 1.90 bits per heavy atom. The Kier molecular flexibility index (Phi) is 4.59. The first-order chi connectivity index (χ1) is 13.9. The number of carbonyl (C=O) groups is 3. The van der Waals surface area contributed by atoms with Crippen LogP contribution in [0, 0.1) is 6.92 Å². The molecule has 8 heteroatoms. The van der Waals surface area contributed by atoms with Gasteiger partial charge in [-0.05, 0) is 30.2 Å². The highest BCUT2D eigenvalue weighted by molar-refractivity contribution is 6.10. The zero-order valence-corrected chi connectivity index (χ0v) is 15.4. The molecule has 1 aliphatic heterocycles. The number of nitrogens with zero attached hydrogens (tertiary/aromatic N) is 1. The molecular formula is C21H16N2O6. The van der Waals surface area contributed by atoms with E-state index in [9.17, 15) is 19.2 Å². The molecule has 3 amide bonds. The number of hydrogen-bond acceptors (Lipinski definition) is 6. The summed E-state index contributed by atoms with van der Waals surface area (Å²) in [4.78, 5) is 47.1. The lowest BCUT2D eigenvalue weighted by Crippen LogP contribution is -2.43. The minimum atomic E-state index is -0.695. The van der Waals surface area contributed by atoms with Gasteiger partial charge in [-0.1, -0.05) is 30.3 Å². The fourth-order valence-electron chi connectivity index (χ4n) is 3.20. The van der Waals surface area contributed by atoms with Crippen molar-refractivity contribution in [1.82, 2.24) is 10.4 Å². The second-order valence-corrected chi connectivity index (χ2v) is 6.53. The van der Waals surface area contributed by atoms with Crippen molar-refractivity contribution in [3.8, 4) is 16.9 Å². The van der Waals surface area contributed by atoms with Gasteiger partial charge < -0.3 is 9.15 Å². The number of hydrazine groups is 1. The van der Waals surface area contributed by atoms with Crippen molar-refractivity contribution >= 4 is 28.7 Å². The lowest BCUT2D eigenvalue weighted by molar-refractivity contribution is -0.147. The zero-order valence-electron chi connectivity index (χ0n) is 15.4. The quantitative estimate of drug-likeness (QED) is 0.537. The van der Waals surface area contributed by atoms with Gasteiger partial charge in [-0.2, -0.15) is 5.01 Å². The summed E-state index contributed by atoms with van der Waals surface area (Å²) in [5.74, 6) is -1.53. The second kappa shape index (κ2) is 7.23. The summed E-state index contributed by atoms with van der Waals surface area (Å²) in [6.45, 7) is 1.25. The molecule has 0 unspecified atom stereocenters. The van der Waals surface area contributed by atoms with Gasteiger partial charge in [0, 0.05) is 17.0 Å². The highest BCUT2D eigenvalue weighted by Gasteiger charge is 2.32. The molecule has 4 rings (SSSR count). The van der Waals surface area contributed by atoms with Crippen LogP contribution in [0.25, 0.3) is 22.1 Å². The molecule has 3 aromatic rings. The van der Waals surface area contributed by atoms with Crippen LogP contribution >= 0.6 is 0 Å². The van der Waals surface area contributed by atoms with E-state index in [4.69, 9.17) is 9.15 Å². The highest BCUT2D eigenvalue weighted by Crippen LogP contribution is 2.33. The molecule has 0 spiro atoms. The Morgan fingerprint density at radius 1 is 1.14 bits per heavy atom. The molecule has 146 valence electrons. The normalized spacial score (nSPS) is 13.6. The smallest absolute Gasteiger partial charge is 0.336 e. The Hall–Kier alpha value is -3.94. The van der Waals surface area contributed by atoms with Crippen LogP contribution in [0.2, 0.25) is 0 Å². The standard InChI is InChI=1S/C21H16N2O6/c1-12-16(28-11-19(26)23-18(25)10-17(24)22-23)8-7-14-15(9-20(27)29-21(12)14)13-5-3-2-4-6-13/h2-9H,10-11H2,1H3,(H,22,24). The second-order valence-electron chi connectivity index (χ2n) is 6.53. The largest absolute Gasteiger partial charge is 0.483 e. The lowest BCUT2D eigenvalue weighted by Gasteiger charge is -2.15. The number of ether oxygens (including phenoxy) is 1. The summed E-state index contributed by atoms with van der Waals surface area (Å²) in [5.41, 5.74) is 4.17. The molecule has 0 aliphatic carbocycles. The van der Waals surface area contributed by atoms with E-state index in [1.54, 1.807) is 19.1 Å². The van der Waals surface area contributed by atoms with Crippen LogP contribution in [-0.2, 0) is 14.4 Å². The zero-order chi connectivity index (χ0) is 20.5. The number of amides is 3. The molecule has 8 nitrogen and oxygen atoms in total. The van der Waals surface area contributed by atoms with Crippen molar-refractivity contribution in [1.29, 1.82) is 0 Å². The molecule has 2 heterocycles. The van der Waals surface area contributed by atoms with E-state index in [2.05, 4.69) is 5.43 Å². The molecule has 2 aromatic carbocycles. The highest BCUT2D eigenvalue weighted by atomic mass is 16.5. The van der Waals surface area contributed by atoms with E-state index in [1.165, 1.54) is 6.07 Å². The van der Waals surface area contributed by atoms with Gasteiger partial charge in [0.15, 0.2) is 6.61 Å². The third-order valence-corrected chi connectivity index (χ3v) is 4.59. The van der Waals surface area contributed by atoms with E-state index >= 15 is 0 Å². The maximum absolute atomic E-state index is 12.1. The molecule has 0 radical (unpaired) electrons. The summed E-state index contributed by atoms with van der Waals surface area (Å²) in [6, 6.07) is 14.3. The molecule has 0 saturated carbocycles. The van der Waals surface area contributed by atoms with Gasteiger partial charge >= 0.3 is 5.63 Å². The van der Waals surface area contributed by atoms with Gasteiger partial charge in [-0.3, -0.25) is 19.8 Å². The lowest BCUT2D eigenvalue weighted by atomic mass is 10.0. The topological polar surface area (TPSA) is 106 Å². The predicted octanol–water partition coefficient (Wildman–Crippen LogP) is 1.94. The maximum atomic E-state index is 12.1. The molecule has 1 fully saturated rings. The van der Waals surface area contributed by atoms with Crippen LogP contribution < -0.4 is 15.8 Å². The van der Waals surface area contributed by atoms with E-state index in [0.29, 0.717) is 21.9 Å². The molecule has 1 aliphatic rings. The maximum Gasteiger partial charge on any atom is 0.336 e. The summed E-state index contributed by atoms with van der Waals surface area (Å²) >= 11 is 0. The number of rotatable bonds is 4. The number of hydrogen-bond donors (Lipinski definition) is 1. The molecule has 0 bridgehead atoms. The van der Waals surface area contributed by atoms with Crippen molar-refractivity contribution < 1.29 is 23.5 Å².